The molecule has 2 aliphatic carbocycles. The van der Waals surface area contributed by atoms with Gasteiger partial charge in [-0.3, -0.25) is 0 Å². The van der Waals surface area contributed by atoms with Crippen LogP contribution in [0.25, 0.3) is 34.4 Å². The van der Waals surface area contributed by atoms with Crippen LogP contribution >= 0.6 is 9.44 Å². The fraction of sp³-hybridized carbons (Fsp3) is 0.341. The van der Waals surface area contributed by atoms with Crippen molar-refractivity contribution in [1.29, 1.82) is 0 Å². The summed E-state index contributed by atoms with van der Waals surface area (Å²) in [6.45, 7) is 18.6. The van der Waals surface area contributed by atoms with Gasteiger partial charge in [-0.15, -0.1) is 5.18 Å². The molecule has 0 N–H and O–H groups in total. The molecule has 46 heavy (non-hydrogen) atoms. The van der Waals surface area contributed by atoms with E-state index in [1.165, 1.54) is 72.5 Å². The van der Waals surface area contributed by atoms with Crippen LogP contribution in [0.1, 0.15) is 106 Å². The van der Waals surface area contributed by atoms with E-state index in [9.17, 15) is 0 Å². The van der Waals surface area contributed by atoms with E-state index in [0.29, 0.717) is 10.5 Å². The third-order valence-electron chi connectivity index (χ3n) is 10.4. The molecule has 4 aromatic carbocycles. The molecule has 1 nitrogen and oxygen atoms in total. The topological polar surface area (TPSA) is 9.23 Å². The van der Waals surface area contributed by atoms with Gasteiger partial charge in [-0.1, -0.05) is 138 Å². The van der Waals surface area contributed by atoms with Gasteiger partial charge in [0.2, 0.25) is 0 Å². The van der Waals surface area contributed by atoms with Crippen molar-refractivity contribution < 1.29 is 4.74 Å². The molecule has 3 unspecified atom stereocenters. The second kappa shape index (κ2) is 10.9. The van der Waals surface area contributed by atoms with Crippen LogP contribution < -0.4 is 4.74 Å². The average Bonchev–Trinajstić information content (AvgIpc) is 3.51. The summed E-state index contributed by atoms with van der Waals surface area (Å²) in [5, 5.41) is 4.91. The Morgan fingerprint density at radius 2 is 1.33 bits per heavy atom. The van der Waals surface area contributed by atoms with Crippen LogP contribution in [-0.4, -0.2) is 12.9 Å². The molecule has 236 valence electrons. The lowest BCUT2D eigenvalue weighted by Crippen LogP contribution is -2.20. The van der Waals surface area contributed by atoms with E-state index >= 15 is 0 Å². The van der Waals surface area contributed by atoms with E-state index in [4.69, 9.17) is 4.74 Å². The average molecular weight is 625 g/mol. The molecule has 1 heterocycles. The Labute approximate surface area is 278 Å². The summed E-state index contributed by atoms with van der Waals surface area (Å²) in [7, 11) is 0.526. The molecule has 0 saturated heterocycles. The Balaban J connectivity index is 1.40. The highest BCUT2D eigenvalue weighted by Crippen LogP contribution is 2.71. The van der Waals surface area contributed by atoms with E-state index in [0.717, 1.165) is 12.2 Å². The molecule has 3 atom stereocenters. The Morgan fingerprint density at radius 3 is 1.89 bits per heavy atom. The molecule has 0 fully saturated rings. The van der Waals surface area contributed by atoms with Gasteiger partial charge < -0.3 is 4.74 Å². The summed E-state index contributed by atoms with van der Waals surface area (Å²) in [6.07, 6.45) is 6.06. The lowest BCUT2D eigenvalue weighted by molar-refractivity contribution is 0.399. The number of rotatable bonds is 3. The zero-order chi connectivity index (χ0) is 32.6. The second-order valence-corrected chi connectivity index (χ2v) is 18.9. The number of fused-ring (bicyclic) bond motifs is 2. The lowest BCUT2D eigenvalue weighted by Gasteiger charge is -2.44. The molecule has 0 radical (unpaired) electrons. The lowest BCUT2D eigenvalue weighted by atomic mass is 9.81. The summed E-state index contributed by atoms with van der Waals surface area (Å²) in [5.41, 5.74) is 16.5. The van der Waals surface area contributed by atoms with Gasteiger partial charge in [-0.05, 0) is 81.0 Å². The number of ether oxygens (including phenoxy) is 1. The summed E-state index contributed by atoms with van der Waals surface area (Å²) in [4.78, 5) is 0. The van der Waals surface area contributed by atoms with Crippen molar-refractivity contribution in [2.24, 2.45) is 0 Å². The molecule has 0 amide bonds. The first-order valence-corrected chi connectivity index (χ1v) is 18.7. The van der Waals surface area contributed by atoms with Crippen molar-refractivity contribution in [3.05, 3.63) is 123 Å². The number of methoxy groups -OCH3 is 1. The number of benzene rings is 4. The molecule has 0 saturated carbocycles. The second-order valence-electron chi connectivity index (χ2n) is 15.6. The minimum absolute atomic E-state index is 0.0618. The molecular weight excluding hydrogens is 577 g/mol. The van der Waals surface area contributed by atoms with Crippen molar-refractivity contribution in [3.8, 4) is 33.2 Å². The quantitative estimate of drug-likeness (QED) is 0.220. The van der Waals surface area contributed by atoms with E-state index in [1.54, 1.807) is 0 Å². The van der Waals surface area contributed by atoms with E-state index in [2.05, 4.69) is 152 Å². The highest BCUT2D eigenvalue weighted by atomic mass is 32.2. The molecule has 1 aliphatic heterocycles. The third-order valence-corrected chi connectivity index (χ3v) is 15.0. The molecule has 2 heteroatoms. The fourth-order valence-electron chi connectivity index (χ4n) is 8.20. The molecule has 4 aromatic rings. The molecule has 3 aliphatic rings. The zero-order valence-electron chi connectivity index (χ0n) is 29.0. The molecule has 0 spiro atoms. The number of hydrogen-bond donors (Lipinski definition) is 0. The van der Waals surface area contributed by atoms with Crippen molar-refractivity contribution >= 4 is 21.6 Å². The van der Waals surface area contributed by atoms with Crippen LogP contribution in [-0.2, 0) is 10.8 Å². The largest absolute Gasteiger partial charge is 0.496 e. The van der Waals surface area contributed by atoms with Crippen LogP contribution in [0.4, 0.5) is 0 Å². The predicted octanol–water partition coefficient (Wildman–Crippen LogP) is 12.4. The van der Waals surface area contributed by atoms with Gasteiger partial charge in [0.1, 0.15) is 5.75 Å². The molecule has 7 rings (SSSR count). The smallest absolute Gasteiger partial charge is 0.131 e. The fourth-order valence-corrected chi connectivity index (χ4v) is 12.7. The maximum Gasteiger partial charge on any atom is 0.131 e. The van der Waals surface area contributed by atoms with E-state index < -0.39 is 9.44 Å². The minimum Gasteiger partial charge on any atom is -0.496 e. The van der Waals surface area contributed by atoms with Gasteiger partial charge in [-0.25, -0.2) is 0 Å². The van der Waals surface area contributed by atoms with Crippen molar-refractivity contribution in [2.45, 2.75) is 83.1 Å². The van der Waals surface area contributed by atoms with Gasteiger partial charge in [0, 0.05) is 28.0 Å². The van der Waals surface area contributed by atoms with Gasteiger partial charge in [0.15, 0.2) is 0 Å². The minimum atomic E-state index is -1.31. The van der Waals surface area contributed by atoms with E-state index in [-0.39, 0.29) is 10.8 Å². The van der Waals surface area contributed by atoms with Crippen LogP contribution in [0.2, 0.25) is 0 Å². The van der Waals surface area contributed by atoms with Crippen LogP contribution in [0, 0.1) is 5.18 Å². The van der Waals surface area contributed by atoms with E-state index in [1.807, 2.05) is 7.11 Å². The summed E-state index contributed by atoms with van der Waals surface area (Å²) >= 11 is 0. The Kier molecular flexibility index (Phi) is 7.35. The van der Waals surface area contributed by atoms with Crippen molar-refractivity contribution in [3.63, 3.8) is 0 Å². The summed E-state index contributed by atoms with van der Waals surface area (Å²) < 4.78 is 6.28. The number of hydrogen-bond acceptors (Lipinski definition) is 1. The Morgan fingerprint density at radius 1 is 0.696 bits per heavy atom. The first-order valence-electron chi connectivity index (χ1n) is 16.8. The van der Waals surface area contributed by atoms with Gasteiger partial charge >= 0.3 is 0 Å². The first-order chi connectivity index (χ1) is 21.8. The molecule has 0 aromatic heterocycles. The monoisotopic (exact) mass is 624 g/mol. The normalized spacial score (nSPS) is 21.8. The maximum absolute atomic E-state index is 6.28. The highest BCUT2D eigenvalue weighted by molar-refractivity contribution is 8.25. The van der Waals surface area contributed by atoms with Crippen LogP contribution in [0.3, 0.4) is 0 Å². The predicted molar refractivity (Wildman–Crippen MR) is 201 cm³/mol. The maximum atomic E-state index is 6.28. The van der Waals surface area contributed by atoms with Gasteiger partial charge in [0.25, 0.3) is 0 Å². The molecular formula is C44H48OS. The first kappa shape index (κ1) is 30.9. The van der Waals surface area contributed by atoms with Gasteiger partial charge in [0.05, 0.1) is 7.11 Å². The van der Waals surface area contributed by atoms with Gasteiger partial charge in [-0.2, -0.15) is 9.44 Å². The van der Waals surface area contributed by atoms with Crippen LogP contribution in [0.5, 0.6) is 5.75 Å². The zero-order valence-corrected chi connectivity index (χ0v) is 29.9. The Bertz CT molecular complexity index is 2040. The molecule has 0 bridgehead atoms. The summed E-state index contributed by atoms with van der Waals surface area (Å²) in [6, 6.07) is 29.7. The summed E-state index contributed by atoms with van der Waals surface area (Å²) in [5.74, 6) is 2.23. The van der Waals surface area contributed by atoms with Crippen LogP contribution in [0.15, 0.2) is 90.0 Å². The van der Waals surface area contributed by atoms with Crippen molar-refractivity contribution in [2.75, 3.05) is 12.9 Å². The third kappa shape index (κ3) is 4.76. The Hall–Kier alpha value is -3.71. The SMILES string of the molecule is COc1c(C(C)(C)C)cc2c(c1-c1ccccc1)C=C(C)C2S1(C2C(C)=Cc3c(-c4ccc(C(C)(C)C)cc4)cccc32)#CCC1. The standard InChI is InChI=1S/C44H48OS/c1-28-25-35-33(30-19-21-32(22-20-30)43(3,4)5)17-13-18-34(35)41(28)46(23-14-24-46)42-29(2)26-36-37(42)27-38(44(6,7)8)40(45-9)39(36)31-15-11-10-12-16-31/h10-13,15-22,25-27,41-42H,14,23H2,1-9H3. The highest BCUT2D eigenvalue weighted by Gasteiger charge is 2.45. The van der Waals surface area contributed by atoms with Crippen molar-refractivity contribution in [1.82, 2.24) is 0 Å².